The van der Waals surface area contributed by atoms with Gasteiger partial charge in [-0.05, 0) is 61.4 Å². The Morgan fingerprint density at radius 3 is 2.28 bits per heavy atom. The zero-order valence-electron chi connectivity index (χ0n) is 16.7. The number of rotatable bonds is 2. The van der Waals surface area contributed by atoms with Crippen LogP contribution in [0.2, 0.25) is 0 Å². The molecule has 0 bridgehead atoms. The predicted molar refractivity (Wildman–Crippen MR) is 108 cm³/mol. The van der Waals surface area contributed by atoms with Crippen molar-refractivity contribution in [3.63, 3.8) is 0 Å². The monoisotopic (exact) mass is 332 g/mol. The normalized spacial score (nSPS) is 12.0. The van der Waals surface area contributed by atoms with E-state index in [1.165, 1.54) is 44.4 Å². The van der Waals surface area contributed by atoms with Crippen LogP contribution in [0.3, 0.4) is 0 Å². The minimum Gasteiger partial charge on any atom is -0.194 e. The maximum absolute atomic E-state index is 2.41. The molecule has 0 aliphatic rings. The van der Waals surface area contributed by atoms with Crippen molar-refractivity contribution in [3.05, 3.63) is 64.7 Å². The third kappa shape index (κ3) is 3.46. The standard InChI is InChI=1S/C24H30N/c1-16-12-17(2)18(3)21(13-16)23-14-19(15-24(4,5)6)20-10-8-9-11-22(20)25(23)7/h8-14H,15H2,1-7H3/q+1. The first kappa shape index (κ1) is 17.7. The van der Waals surface area contributed by atoms with Crippen LogP contribution >= 0.6 is 0 Å². The molecule has 1 heterocycles. The van der Waals surface area contributed by atoms with Crippen molar-refractivity contribution < 1.29 is 4.57 Å². The summed E-state index contributed by atoms with van der Waals surface area (Å²) in [6, 6.07) is 15.8. The number of para-hydroxylation sites is 1. The Balaban J connectivity index is 2.35. The molecule has 0 unspecified atom stereocenters. The van der Waals surface area contributed by atoms with Crippen LogP contribution in [0, 0.1) is 26.2 Å². The third-order valence-electron chi connectivity index (χ3n) is 5.09. The highest BCUT2D eigenvalue weighted by Crippen LogP contribution is 2.31. The molecule has 1 aromatic heterocycles. The molecule has 0 spiro atoms. The molecule has 130 valence electrons. The first-order chi connectivity index (χ1) is 11.7. The largest absolute Gasteiger partial charge is 0.213 e. The summed E-state index contributed by atoms with van der Waals surface area (Å²) in [7, 11) is 2.19. The summed E-state index contributed by atoms with van der Waals surface area (Å²) in [5.41, 5.74) is 9.72. The Hall–Kier alpha value is -2.15. The Morgan fingerprint density at radius 1 is 0.920 bits per heavy atom. The van der Waals surface area contributed by atoms with E-state index in [2.05, 4.69) is 95.6 Å². The summed E-state index contributed by atoms with van der Waals surface area (Å²) in [6.07, 6.45) is 1.07. The van der Waals surface area contributed by atoms with Crippen molar-refractivity contribution in [2.75, 3.05) is 0 Å². The fourth-order valence-electron chi connectivity index (χ4n) is 3.79. The molecule has 0 fully saturated rings. The van der Waals surface area contributed by atoms with Gasteiger partial charge in [-0.25, -0.2) is 0 Å². The Labute approximate surface area is 152 Å². The van der Waals surface area contributed by atoms with Gasteiger partial charge in [0, 0.05) is 23.1 Å². The molecule has 0 atom stereocenters. The van der Waals surface area contributed by atoms with Gasteiger partial charge in [-0.3, -0.25) is 0 Å². The number of benzene rings is 2. The predicted octanol–water partition coefficient (Wildman–Crippen LogP) is 5.85. The minimum absolute atomic E-state index is 0.261. The number of pyridine rings is 1. The number of hydrogen-bond donors (Lipinski definition) is 0. The van der Waals surface area contributed by atoms with Gasteiger partial charge < -0.3 is 0 Å². The van der Waals surface area contributed by atoms with Gasteiger partial charge in [-0.2, -0.15) is 4.57 Å². The summed E-state index contributed by atoms with van der Waals surface area (Å²) in [5.74, 6) is 0. The van der Waals surface area contributed by atoms with E-state index in [0.717, 1.165) is 6.42 Å². The van der Waals surface area contributed by atoms with Crippen molar-refractivity contribution in [3.8, 4) is 11.3 Å². The SMILES string of the molecule is Cc1cc(C)c(C)c(-c2cc(CC(C)(C)C)c3ccccc3[n+]2C)c1. The molecule has 3 rings (SSSR count). The third-order valence-corrected chi connectivity index (χ3v) is 5.09. The molecular formula is C24H30N+. The molecule has 1 nitrogen and oxygen atoms in total. The van der Waals surface area contributed by atoms with E-state index in [1.54, 1.807) is 0 Å². The molecule has 3 aromatic rings. The van der Waals surface area contributed by atoms with E-state index < -0.39 is 0 Å². The smallest absolute Gasteiger partial charge is 0.194 e. The molecule has 0 amide bonds. The zero-order chi connectivity index (χ0) is 18.4. The van der Waals surface area contributed by atoms with Gasteiger partial charge in [0.1, 0.15) is 7.05 Å². The maximum Gasteiger partial charge on any atom is 0.213 e. The van der Waals surface area contributed by atoms with Crippen molar-refractivity contribution in [1.82, 2.24) is 0 Å². The minimum atomic E-state index is 0.261. The second kappa shape index (κ2) is 6.29. The van der Waals surface area contributed by atoms with Gasteiger partial charge in [-0.1, -0.05) is 44.5 Å². The highest BCUT2D eigenvalue weighted by molar-refractivity contribution is 5.82. The van der Waals surface area contributed by atoms with Crippen LogP contribution in [0.1, 0.15) is 43.0 Å². The van der Waals surface area contributed by atoms with Gasteiger partial charge in [0.25, 0.3) is 0 Å². The number of aryl methyl sites for hydroxylation is 3. The lowest BCUT2D eigenvalue weighted by Crippen LogP contribution is -2.33. The molecule has 1 heteroatoms. The van der Waals surface area contributed by atoms with Crippen LogP contribution < -0.4 is 4.57 Å². The van der Waals surface area contributed by atoms with E-state index in [-0.39, 0.29) is 5.41 Å². The second-order valence-electron chi connectivity index (χ2n) is 8.62. The molecule has 0 aliphatic carbocycles. The van der Waals surface area contributed by atoms with Crippen molar-refractivity contribution >= 4 is 10.9 Å². The van der Waals surface area contributed by atoms with E-state index in [4.69, 9.17) is 0 Å². The molecule has 0 aliphatic heterocycles. The molecule has 0 N–H and O–H groups in total. The maximum atomic E-state index is 2.41. The van der Waals surface area contributed by atoms with Crippen LogP contribution in [0.15, 0.2) is 42.5 Å². The topological polar surface area (TPSA) is 3.88 Å². The Kier molecular flexibility index (Phi) is 4.45. The lowest BCUT2D eigenvalue weighted by Gasteiger charge is -2.20. The van der Waals surface area contributed by atoms with Gasteiger partial charge in [0.2, 0.25) is 11.2 Å². The van der Waals surface area contributed by atoms with Gasteiger partial charge in [0.05, 0.1) is 0 Å². The Morgan fingerprint density at radius 2 is 1.60 bits per heavy atom. The number of hydrogen-bond acceptors (Lipinski definition) is 0. The fourth-order valence-corrected chi connectivity index (χ4v) is 3.79. The van der Waals surface area contributed by atoms with Gasteiger partial charge in [-0.15, -0.1) is 0 Å². The molecule has 2 aromatic carbocycles. The number of fused-ring (bicyclic) bond motifs is 1. The number of nitrogens with zero attached hydrogens (tertiary/aromatic N) is 1. The average Bonchev–Trinajstić information content (AvgIpc) is 2.52. The van der Waals surface area contributed by atoms with Gasteiger partial charge in [0.15, 0.2) is 0 Å². The fraction of sp³-hybridized carbons (Fsp3) is 0.375. The van der Waals surface area contributed by atoms with E-state index in [1.807, 2.05) is 0 Å². The summed E-state index contributed by atoms with van der Waals surface area (Å²) >= 11 is 0. The second-order valence-corrected chi connectivity index (χ2v) is 8.62. The van der Waals surface area contributed by atoms with E-state index >= 15 is 0 Å². The average molecular weight is 333 g/mol. The van der Waals surface area contributed by atoms with Crippen LogP contribution in [-0.4, -0.2) is 0 Å². The summed E-state index contributed by atoms with van der Waals surface area (Å²) in [6.45, 7) is 13.6. The number of aromatic nitrogens is 1. The van der Waals surface area contributed by atoms with Gasteiger partial charge >= 0.3 is 0 Å². The Bertz CT molecular complexity index is 942. The first-order valence-electron chi connectivity index (χ1n) is 9.16. The van der Waals surface area contributed by atoms with Crippen LogP contribution in [0.25, 0.3) is 22.2 Å². The molecule has 0 radical (unpaired) electrons. The summed E-state index contributed by atoms with van der Waals surface area (Å²) in [5, 5.41) is 1.37. The summed E-state index contributed by atoms with van der Waals surface area (Å²) < 4.78 is 2.35. The van der Waals surface area contributed by atoms with Crippen LogP contribution in [-0.2, 0) is 13.5 Å². The van der Waals surface area contributed by atoms with Crippen molar-refractivity contribution in [2.24, 2.45) is 12.5 Å². The van der Waals surface area contributed by atoms with Crippen molar-refractivity contribution in [1.29, 1.82) is 0 Å². The van der Waals surface area contributed by atoms with Crippen LogP contribution in [0.4, 0.5) is 0 Å². The van der Waals surface area contributed by atoms with Crippen molar-refractivity contribution in [2.45, 2.75) is 48.0 Å². The lowest BCUT2D eigenvalue weighted by molar-refractivity contribution is -0.633. The summed E-state index contributed by atoms with van der Waals surface area (Å²) in [4.78, 5) is 0. The van der Waals surface area contributed by atoms with E-state index in [0.29, 0.717) is 0 Å². The lowest BCUT2D eigenvalue weighted by atomic mass is 9.85. The first-order valence-corrected chi connectivity index (χ1v) is 9.16. The van der Waals surface area contributed by atoms with Crippen LogP contribution in [0.5, 0.6) is 0 Å². The zero-order valence-corrected chi connectivity index (χ0v) is 16.7. The van der Waals surface area contributed by atoms with E-state index in [9.17, 15) is 0 Å². The highest BCUT2D eigenvalue weighted by Gasteiger charge is 2.22. The molecule has 25 heavy (non-hydrogen) atoms. The molecule has 0 saturated heterocycles. The highest BCUT2D eigenvalue weighted by atomic mass is 14.9. The molecular weight excluding hydrogens is 302 g/mol. The quantitative estimate of drug-likeness (QED) is 0.519. The molecule has 0 saturated carbocycles.